The van der Waals surface area contributed by atoms with E-state index in [1.807, 2.05) is 25.7 Å². The summed E-state index contributed by atoms with van der Waals surface area (Å²) in [7, 11) is 0. The van der Waals surface area contributed by atoms with Crippen molar-refractivity contribution in [1.82, 2.24) is 9.97 Å². The molecule has 1 aromatic heterocycles. The minimum Gasteiger partial charge on any atom is -0.481 e. The number of anilines is 1. The van der Waals surface area contributed by atoms with Crippen molar-refractivity contribution in [3.05, 3.63) is 22.2 Å². The summed E-state index contributed by atoms with van der Waals surface area (Å²) < 4.78 is 0. The van der Waals surface area contributed by atoms with Crippen LogP contribution in [0.2, 0.25) is 0 Å². The Kier molecular flexibility index (Phi) is 3.59. The summed E-state index contributed by atoms with van der Waals surface area (Å²) in [4.78, 5) is 31.8. The predicted octanol–water partition coefficient (Wildman–Crippen LogP) is 1.19. The lowest BCUT2D eigenvalue weighted by atomic mass is 10.0. The molecule has 2 unspecified atom stereocenters. The first-order valence-corrected chi connectivity index (χ1v) is 6.51. The maximum atomic E-state index is 11.7. The summed E-state index contributed by atoms with van der Waals surface area (Å²) in [5, 5.41) is 9.13. The third kappa shape index (κ3) is 2.62. The van der Waals surface area contributed by atoms with Gasteiger partial charge in [-0.1, -0.05) is 13.8 Å². The highest BCUT2D eigenvalue weighted by molar-refractivity contribution is 5.72. The fraction of sp³-hybridized carbons (Fsp3) is 0.615. The van der Waals surface area contributed by atoms with E-state index in [1.54, 1.807) is 0 Å². The van der Waals surface area contributed by atoms with E-state index in [9.17, 15) is 9.59 Å². The highest BCUT2D eigenvalue weighted by atomic mass is 16.4. The first kappa shape index (κ1) is 13.6. The second-order valence-electron chi connectivity index (χ2n) is 5.31. The monoisotopic (exact) mass is 265 g/mol. The molecule has 2 heterocycles. The number of carbonyl (C=O) groups is 1. The second-order valence-corrected chi connectivity index (χ2v) is 5.31. The lowest BCUT2D eigenvalue weighted by Gasteiger charge is -2.24. The Bertz CT molecular complexity index is 538. The summed E-state index contributed by atoms with van der Waals surface area (Å²) in [5.74, 6) is 0.144. The van der Waals surface area contributed by atoms with Crippen molar-refractivity contribution in [2.24, 2.45) is 5.92 Å². The Morgan fingerprint density at radius 3 is 2.79 bits per heavy atom. The number of hydrogen-bond acceptors (Lipinski definition) is 4. The number of hydrogen-bond donors (Lipinski definition) is 2. The van der Waals surface area contributed by atoms with Crippen LogP contribution in [-0.2, 0) is 4.79 Å². The number of aromatic nitrogens is 2. The first-order valence-electron chi connectivity index (χ1n) is 6.51. The van der Waals surface area contributed by atoms with Gasteiger partial charge in [0.15, 0.2) is 0 Å². The van der Waals surface area contributed by atoms with Gasteiger partial charge in [-0.05, 0) is 13.3 Å². The summed E-state index contributed by atoms with van der Waals surface area (Å²) in [6, 6.07) is 1.29. The molecule has 0 spiro atoms. The minimum absolute atomic E-state index is 0.126. The van der Waals surface area contributed by atoms with E-state index >= 15 is 0 Å². The van der Waals surface area contributed by atoms with Gasteiger partial charge in [-0.2, -0.15) is 0 Å². The lowest BCUT2D eigenvalue weighted by Crippen LogP contribution is -2.34. The van der Waals surface area contributed by atoms with Crippen LogP contribution in [-0.4, -0.2) is 33.6 Å². The largest absolute Gasteiger partial charge is 0.481 e. The predicted molar refractivity (Wildman–Crippen MR) is 71.5 cm³/mol. The van der Waals surface area contributed by atoms with Crippen LogP contribution in [0.1, 0.15) is 38.9 Å². The van der Waals surface area contributed by atoms with E-state index in [1.165, 1.54) is 6.07 Å². The number of rotatable bonds is 3. The number of aliphatic carboxylic acids is 1. The van der Waals surface area contributed by atoms with Gasteiger partial charge in [0.25, 0.3) is 5.56 Å². The Morgan fingerprint density at radius 2 is 2.26 bits per heavy atom. The van der Waals surface area contributed by atoms with E-state index < -0.39 is 11.9 Å². The molecule has 2 atom stereocenters. The van der Waals surface area contributed by atoms with Crippen molar-refractivity contribution in [2.75, 3.05) is 11.4 Å². The van der Waals surface area contributed by atoms with Crippen LogP contribution in [0.25, 0.3) is 0 Å². The fourth-order valence-electron chi connectivity index (χ4n) is 2.48. The molecule has 2 rings (SSSR count). The van der Waals surface area contributed by atoms with E-state index in [0.29, 0.717) is 24.6 Å². The van der Waals surface area contributed by atoms with E-state index in [2.05, 4.69) is 9.97 Å². The molecule has 6 heteroatoms. The van der Waals surface area contributed by atoms with Gasteiger partial charge in [0.2, 0.25) is 0 Å². The smallest absolute Gasteiger partial charge is 0.308 e. The van der Waals surface area contributed by atoms with E-state index in [4.69, 9.17) is 5.11 Å². The first-order chi connectivity index (χ1) is 8.90. The number of carboxylic acid groups (broad SMARTS) is 1. The van der Waals surface area contributed by atoms with Gasteiger partial charge in [-0.25, -0.2) is 4.98 Å². The number of nitrogens with zero attached hydrogens (tertiary/aromatic N) is 2. The highest BCUT2D eigenvalue weighted by Crippen LogP contribution is 2.28. The lowest BCUT2D eigenvalue weighted by molar-refractivity contribution is -0.141. The van der Waals surface area contributed by atoms with Crippen molar-refractivity contribution in [1.29, 1.82) is 0 Å². The van der Waals surface area contributed by atoms with Crippen LogP contribution in [0.5, 0.6) is 0 Å². The van der Waals surface area contributed by atoms with Gasteiger partial charge < -0.3 is 15.0 Å². The molecule has 1 aliphatic rings. The molecule has 104 valence electrons. The molecular weight excluding hydrogens is 246 g/mol. The molecule has 6 nitrogen and oxygen atoms in total. The van der Waals surface area contributed by atoms with Crippen LogP contribution in [0.15, 0.2) is 10.9 Å². The molecule has 1 saturated heterocycles. The Balaban J connectivity index is 2.33. The van der Waals surface area contributed by atoms with Gasteiger partial charge in [0.05, 0.1) is 5.92 Å². The standard InChI is InChI=1S/C13H19N3O3/c1-7(2)12-14-10(6-11(17)15-12)16-5-4-9(8(16)3)13(18)19/h6-9H,4-5H2,1-3H3,(H,18,19)(H,14,15,17). The molecule has 1 aromatic rings. The van der Waals surface area contributed by atoms with Gasteiger partial charge in [0.1, 0.15) is 11.6 Å². The van der Waals surface area contributed by atoms with Crippen LogP contribution in [0.4, 0.5) is 5.82 Å². The van der Waals surface area contributed by atoms with Crippen molar-refractivity contribution in [3.8, 4) is 0 Å². The zero-order valence-corrected chi connectivity index (χ0v) is 11.4. The molecule has 0 bridgehead atoms. The third-order valence-corrected chi connectivity index (χ3v) is 3.66. The van der Waals surface area contributed by atoms with Crippen LogP contribution in [0.3, 0.4) is 0 Å². The van der Waals surface area contributed by atoms with Crippen molar-refractivity contribution < 1.29 is 9.90 Å². The molecule has 0 aromatic carbocycles. The fourth-order valence-corrected chi connectivity index (χ4v) is 2.48. The van der Waals surface area contributed by atoms with E-state index in [-0.39, 0.29) is 17.5 Å². The number of aromatic amines is 1. The molecule has 19 heavy (non-hydrogen) atoms. The average molecular weight is 265 g/mol. The van der Waals surface area contributed by atoms with Gasteiger partial charge in [-0.3, -0.25) is 9.59 Å². The summed E-state index contributed by atoms with van der Waals surface area (Å²) in [6.45, 7) is 6.39. The molecule has 0 amide bonds. The van der Waals surface area contributed by atoms with Gasteiger partial charge >= 0.3 is 5.97 Å². The Labute approximate surface area is 111 Å². The van der Waals surface area contributed by atoms with Crippen molar-refractivity contribution in [2.45, 2.75) is 39.2 Å². The molecule has 1 fully saturated rings. The van der Waals surface area contributed by atoms with Crippen LogP contribution >= 0.6 is 0 Å². The Hall–Kier alpha value is -1.85. The molecule has 0 saturated carbocycles. The topological polar surface area (TPSA) is 86.3 Å². The highest BCUT2D eigenvalue weighted by Gasteiger charge is 2.36. The second kappa shape index (κ2) is 5.03. The quantitative estimate of drug-likeness (QED) is 0.857. The zero-order chi connectivity index (χ0) is 14.2. The normalized spacial score (nSPS) is 23.1. The molecule has 0 aliphatic carbocycles. The summed E-state index contributed by atoms with van der Waals surface area (Å²) in [5.41, 5.74) is -0.195. The number of nitrogens with one attached hydrogen (secondary N) is 1. The Morgan fingerprint density at radius 1 is 1.58 bits per heavy atom. The van der Waals surface area contributed by atoms with Gasteiger partial charge in [-0.15, -0.1) is 0 Å². The molecule has 2 N–H and O–H groups in total. The minimum atomic E-state index is -0.788. The third-order valence-electron chi connectivity index (χ3n) is 3.66. The van der Waals surface area contributed by atoms with Gasteiger partial charge in [0, 0.05) is 24.6 Å². The SMILES string of the molecule is CC(C)c1nc(N2CCC(C(=O)O)C2C)cc(=O)[nH]1. The van der Waals surface area contributed by atoms with Crippen LogP contribution < -0.4 is 10.5 Å². The number of H-pyrrole nitrogens is 1. The van der Waals surface area contributed by atoms with Crippen LogP contribution in [0, 0.1) is 5.92 Å². The summed E-state index contributed by atoms with van der Waals surface area (Å²) >= 11 is 0. The van der Waals surface area contributed by atoms with Crippen molar-refractivity contribution in [3.63, 3.8) is 0 Å². The molecular formula is C13H19N3O3. The average Bonchev–Trinajstić information content (AvgIpc) is 2.70. The molecule has 1 aliphatic heterocycles. The molecule has 0 radical (unpaired) electrons. The maximum Gasteiger partial charge on any atom is 0.308 e. The summed E-state index contributed by atoms with van der Waals surface area (Å²) in [6.07, 6.45) is 0.585. The van der Waals surface area contributed by atoms with E-state index in [0.717, 1.165) is 0 Å². The van der Waals surface area contributed by atoms with Crippen molar-refractivity contribution >= 4 is 11.8 Å². The zero-order valence-electron chi connectivity index (χ0n) is 11.4. The number of carboxylic acids is 1. The maximum absolute atomic E-state index is 11.7.